The van der Waals surface area contributed by atoms with Gasteiger partial charge in [-0.25, -0.2) is 0 Å². The van der Waals surface area contributed by atoms with Crippen molar-refractivity contribution in [3.8, 4) is 0 Å². The number of aliphatic carboxylic acids is 1. The summed E-state index contributed by atoms with van der Waals surface area (Å²) in [5.41, 5.74) is 4.12. The van der Waals surface area contributed by atoms with E-state index in [1.165, 1.54) is 6.92 Å². The van der Waals surface area contributed by atoms with E-state index in [0.29, 0.717) is 26.4 Å². The van der Waals surface area contributed by atoms with Crippen molar-refractivity contribution in [1.82, 2.24) is 0 Å². The van der Waals surface area contributed by atoms with E-state index in [1.54, 1.807) is 7.11 Å². The van der Waals surface area contributed by atoms with Crippen LogP contribution < -0.4 is 5.73 Å². The molecule has 16 heavy (non-hydrogen) atoms. The maximum atomic E-state index is 10.6. The molecule has 0 radical (unpaired) electrons. The van der Waals surface area contributed by atoms with E-state index in [9.17, 15) is 4.79 Å². The SMILES string of the molecule is COCCCOCCOCC(C)(N)C(=O)O. The minimum absolute atomic E-state index is 0.0240. The number of carboxylic acids is 1. The minimum Gasteiger partial charge on any atom is -0.480 e. The molecule has 1 unspecified atom stereocenters. The molecule has 0 aromatic rings. The Morgan fingerprint density at radius 1 is 1.25 bits per heavy atom. The maximum absolute atomic E-state index is 10.6. The maximum Gasteiger partial charge on any atom is 0.325 e. The van der Waals surface area contributed by atoms with E-state index in [4.69, 9.17) is 25.1 Å². The Labute approximate surface area is 95.7 Å². The number of rotatable bonds is 10. The van der Waals surface area contributed by atoms with Gasteiger partial charge in [0.2, 0.25) is 0 Å². The van der Waals surface area contributed by atoms with E-state index < -0.39 is 11.5 Å². The Bertz CT molecular complexity index is 196. The summed E-state index contributed by atoms with van der Waals surface area (Å²) in [4.78, 5) is 10.6. The van der Waals surface area contributed by atoms with Crippen LogP contribution in [0.2, 0.25) is 0 Å². The van der Waals surface area contributed by atoms with Gasteiger partial charge in [0.1, 0.15) is 5.54 Å². The van der Waals surface area contributed by atoms with Gasteiger partial charge in [0.15, 0.2) is 0 Å². The molecule has 6 heteroatoms. The highest BCUT2D eigenvalue weighted by Gasteiger charge is 2.27. The molecule has 0 aliphatic heterocycles. The lowest BCUT2D eigenvalue weighted by atomic mass is 10.1. The molecule has 6 nitrogen and oxygen atoms in total. The van der Waals surface area contributed by atoms with Crippen molar-refractivity contribution < 1.29 is 24.1 Å². The zero-order valence-electron chi connectivity index (χ0n) is 9.90. The Kier molecular flexibility index (Phi) is 8.10. The molecular formula is C10H21NO5. The van der Waals surface area contributed by atoms with E-state index in [0.717, 1.165) is 6.42 Å². The highest BCUT2D eigenvalue weighted by atomic mass is 16.5. The fraction of sp³-hybridized carbons (Fsp3) is 0.900. The molecule has 0 aromatic carbocycles. The van der Waals surface area contributed by atoms with Crippen LogP contribution in [0.15, 0.2) is 0 Å². The number of ether oxygens (including phenoxy) is 3. The number of hydrogen-bond acceptors (Lipinski definition) is 5. The molecule has 0 saturated carbocycles. The molecular weight excluding hydrogens is 214 g/mol. The third-order valence-electron chi connectivity index (χ3n) is 1.90. The molecule has 0 aromatic heterocycles. The first-order valence-electron chi connectivity index (χ1n) is 5.17. The zero-order valence-corrected chi connectivity index (χ0v) is 9.90. The fourth-order valence-electron chi connectivity index (χ4n) is 0.871. The van der Waals surface area contributed by atoms with Gasteiger partial charge in [-0.2, -0.15) is 0 Å². The smallest absolute Gasteiger partial charge is 0.325 e. The second-order valence-corrected chi connectivity index (χ2v) is 3.73. The molecule has 96 valence electrons. The number of carbonyl (C=O) groups is 1. The average molecular weight is 235 g/mol. The first kappa shape index (κ1) is 15.3. The zero-order chi connectivity index (χ0) is 12.4. The van der Waals surface area contributed by atoms with Gasteiger partial charge in [0, 0.05) is 20.3 Å². The second kappa shape index (κ2) is 8.46. The van der Waals surface area contributed by atoms with E-state index in [2.05, 4.69) is 0 Å². The van der Waals surface area contributed by atoms with Crippen LogP contribution >= 0.6 is 0 Å². The lowest BCUT2D eigenvalue weighted by molar-refractivity contribution is -0.145. The van der Waals surface area contributed by atoms with Gasteiger partial charge in [-0.3, -0.25) is 4.79 Å². The lowest BCUT2D eigenvalue weighted by Gasteiger charge is -2.18. The molecule has 0 bridgehead atoms. The van der Waals surface area contributed by atoms with Crippen LogP contribution in [0.25, 0.3) is 0 Å². The van der Waals surface area contributed by atoms with Crippen LogP contribution in [0.1, 0.15) is 13.3 Å². The fourth-order valence-corrected chi connectivity index (χ4v) is 0.871. The van der Waals surface area contributed by atoms with Crippen molar-refractivity contribution in [2.75, 3.05) is 40.1 Å². The van der Waals surface area contributed by atoms with Gasteiger partial charge in [-0.15, -0.1) is 0 Å². The highest BCUT2D eigenvalue weighted by Crippen LogP contribution is 1.99. The van der Waals surface area contributed by atoms with E-state index in [-0.39, 0.29) is 6.61 Å². The predicted molar refractivity (Wildman–Crippen MR) is 58.4 cm³/mol. The molecule has 0 saturated heterocycles. The summed E-state index contributed by atoms with van der Waals surface area (Å²) in [6.07, 6.45) is 0.834. The van der Waals surface area contributed by atoms with Gasteiger partial charge < -0.3 is 25.1 Å². The van der Waals surface area contributed by atoms with Crippen LogP contribution in [-0.2, 0) is 19.0 Å². The normalized spacial score (nSPS) is 14.7. The summed E-state index contributed by atoms with van der Waals surface area (Å²) in [7, 11) is 1.64. The number of hydrogen-bond donors (Lipinski definition) is 2. The summed E-state index contributed by atoms with van der Waals surface area (Å²) in [6, 6.07) is 0. The third-order valence-corrected chi connectivity index (χ3v) is 1.90. The van der Waals surface area contributed by atoms with Gasteiger partial charge in [-0.1, -0.05) is 0 Å². The summed E-state index contributed by atoms with van der Waals surface area (Å²) in [5, 5.41) is 8.69. The first-order chi connectivity index (χ1) is 7.50. The number of carboxylic acid groups (broad SMARTS) is 1. The van der Waals surface area contributed by atoms with Crippen LogP contribution in [0, 0.1) is 0 Å². The molecule has 3 N–H and O–H groups in total. The molecule has 0 aliphatic carbocycles. The Balaban J connectivity index is 3.30. The molecule has 0 aliphatic rings. The van der Waals surface area contributed by atoms with Crippen molar-refractivity contribution in [2.45, 2.75) is 18.9 Å². The van der Waals surface area contributed by atoms with E-state index in [1.807, 2.05) is 0 Å². The van der Waals surface area contributed by atoms with Crippen LogP contribution in [0.4, 0.5) is 0 Å². The van der Waals surface area contributed by atoms with Crippen molar-refractivity contribution in [1.29, 1.82) is 0 Å². The minimum atomic E-state index is -1.34. The molecule has 0 heterocycles. The Hall–Kier alpha value is -0.690. The quantitative estimate of drug-likeness (QED) is 0.512. The van der Waals surface area contributed by atoms with Crippen molar-refractivity contribution in [2.24, 2.45) is 5.73 Å². The summed E-state index contributed by atoms with van der Waals surface area (Å²) >= 11 is 0. The van der Waals surface area contributed by atoms with Gasteiger partial charge in [0.05, 0.1) is 19.8 Å². The molecule has 0 spiro atoms. The lowest BCUT2D eigenvalue weighted by Crippen LogP contribution is -2.49. The summed E-state index contributed by atoms with van der Waals surface area (Å²) in [5.74, 6) is -1.08. The molecule has 0 rings (SSSR count). The van der Waals surface area contributed by atoms with Crippen molar-refractivity contribution in [3.05, 3.63) is 0 Å². The summed E-state index contributed by atoms with van der Waals surface area (Å²) < 4.78 is 15.2. The average Bonchev–Trinajstić information content (AvgIpc) is 2.21. The molecule has 1 atom stereocenters. The van der Waals surface area contributed by atoms with Crippen molar-refractivity contribution in [3.63, 3.8) is 0 Å². The second-order valence-electron chi connectivity index (χ2n) is 3.73. The topological polar surface area (TPSA) is 91.0 Å². The third kappa shape index (κ3) is 7.58. The van der Waals surface area contributed by atoms with Crippen LogP contribution in [0.3, 0.4) is 0 Å². The van der Waals surface area contributed by atoms with Crippen LogP contribution in [0.5, 0.6) is 0 Å². The Morgan fingerprint density at radius 2 is 1.88 bits per heavy atom. The summed E-state index contributed by atoms with van der Waals surface area (Å²) in [6.45, 7) is 3.43. The van der Waals surface area contributed by atoms with Gasteiger partial charge in [-0.05, 0) is 13.3 Å². The first-order valence-corrected chi connectivity index (χ1v) is 5.17. The van der Waals surface area contributed by atoms with Gasteiger partial charge in [0.25, 0.3) is 0 Å². The van der Waals surface area contributed by atoms with Crippen LogP contribution in [-0.4, -0.2) is 56.8 Å². The predicted octanol–water partition coefficient (Wildman–Crippen LogP) is -0.142. The standard InChI is InChI=1S/C10H21NO5/c1-10(11,9(12)13)8-16-7-6-15-5-3-4-14-2/h3-8,11H2,1-2H3,(H,12,13). The van der Waals surface area contributed by atoms with E-state index >= 15 is 0 Å². The monoisotopic (exact) mass is 235 g/mol. The molecule has 0 fully saturated rings. The van der Waals surface area contributed by atoms with Gasteiger partial charge >= 0.3 is 5.97 Å². The molecule has 0 amide bonds. The Morgan fingerprint density at radius 3 is 2.44 bits per heavy atom. The largest absolute Gasteiger partial charge is 0.480 e. The number of methoxy groups -OCH3 is 1. The number of nitrogens with two attached hydrogens (primary N) is 1. The van der Waals surface area contributed by atoms with Crippen molar-refractivity contribution >= 4 is 5.97 Å². The highest BCUT2D eigenvalue weighted by molar-refractivity contribution is 5.77.